The van der Waals surface area contributed by atoms with E-state index in [0.717, 1.165) is 22.5 Å². The minimum Gasteiger partial charge on any atom is -0.361 e. The van der Waals surface area contributed by atoms with E-state index in [0.29, 0.717) is 5.56 Å². The summed E-state index contributed by atoms with van der Waals surface area (Å²) < 4.78 is 1.75. The molecule has 1 atom stereocenters. The van der Waals surface area contributed by atoms with Crippen LogP contribution in [-0.2, 0) is 7.05 Å². The highest BCUT2D eigenvalue weighted by Gasteiger charge is 2.27. The number of anilines is 1. The van der Waals surface area contributed by atoms with Gasteiger partial charge in [0.2, 0.25) is 0 Å². The number of amides is 1. The number of aryl methyl sites for hydroxylation is 1. The zero-order valence-electron chi connectivity index (χ0n) is 12.5. The van der Waals surface area contributed by atoms with Crippen LogP contribution in [0, 0.1) is 0 Å². The van der Waals surface area contributed by atoms with Crippen LogP contribution < -0.4 is 10.6 Å². The molecule has 2 N–H and O–H groups in total. The van der Waals surface area contributed by atoms with Crippen molar-refractivity contribution < 1.29 is 4.79 Å². The fraction of sp³-hybridized carbons (Fsp3) is 0.118. The first-order valence-electron chi connectivity index (χ1n) is 7.33. The largest absolute Gasteiger partial charge is 0.361 e. The minimum absolute atomic E-state index is 0.0890. The van der Waals surface area contributed by atoms with Gasteiger partial charge in [-0.3, -0.25) is 14.5 Å². The molecule has 0 fully saturated rings. The standard InChI is InChI=1S/C17H15N5O/c1-22-10-13(15(21-22)11-6-8-18-9-7-11)16-19-14-5-3-2-4-12(14)17(23)20-16/h2-10,16,19H,1H3,(H,20,23)/t16-/m0/s1. The van der Waals surface area contributed by atoms with Crippen LogP contribution in [0.5, 0.6) is 0 Å². The number of aromatic nitrogens is 3. The Morgan fingerprint density at radius 1 is 1.09 bits per heavy atom. The second-order valence-electron chi connectivity index (χ2n) is 5.44. The van der Waals surface area contributed by atoms with Crippen LogP contribution in [0.25, 0.3) is 11.3 Å². The lowest BCUT2D eigenvalue weighted by Crippen LogP contribution is -2.38. The van der Waals surface area contributed by atoms with Gasteiger partial charge in [0.25, 0.3) is 5.91 Å². The topological polar surface area (TPSA) is 71.8 Å². The van der Waals surface area contributed by atoms with Gasteiger partial charge in [-0.25, -0.2) is 0 Å². The number of fused-ring (bicyclic) bond motifs is 1. The molecule has 0 aliphatic carbocycles. The lowest BCUT2D eigenvalue weighted by Gasteiger charge is -2.27. The van der Waals surface area contributed by atoms with E-state index in [4.69, 9.17) is 0 Å². The lowest BCUT2D eigenvalue weighted by molar-refractivity contribution is 0.0936. The van der Waals surface area contributed by atoms with Crippen molar-refractivity contribution in [2.24, 2.45) is 7.05 Å². The molecule has 0 radical (unpaired) electrons. The molecule has 0 unspecified atom stereocenters. The molecule has 1 aromatic carbocycles. The van der Waals surface area contributed by atoms with E-state index < -0.39 is 0 Å². The van der Waals surface area contributed by atoms with Gasteiger partial charge in [-0.1, -0.05) is 12.1 Å². The molecule has 1 amide bonds. The second kappa shape index (κ2) is 5.24. The van der Waals surface area contributed by atoms with Crippen LogP contribution >= 0.6 is 0 Å². The predicted octanol–water partition coefficient (Wildman–Crippen LogP) is 2.34. The molecule has 114 valence electrons. The molecule has 2 aromatic heterocycles. The third-order valence-electron chi connectivity index (χ3n) is 3.87. The number of pyridine rings is 1. The summed E-state index contributed by atoms with van der Waals surface area (Å²) in [6.45, 7) is 0. The van der Waals surface area contributed by atoms with Gasteiger partial charge in [-0.05, 0) is 24.3 Å². The second-order valence-corrected chi connectivity index (χ2v) is 5.44. The van der Waals surface area contributed by atoms with Crippen molar-refractivity contribution in [3.05, 3.63) is 66.1 Å². The molecule has 3 aromatic rings. The third kappa shape index (κ3) is 2.34. The number of carbonyl (C=O) groups excluding carboxylic acids is 1. The van der Waals surface area contributed by atoms with E-state index in [1.54, 1.807) is 23.1 Å². The lowest BCUT2D eigenvalue weighted by atomic mass is 10.0. The van der Waals surface area contributed by atoms with Crippen LogP contribution in [0.15, 0.2) is 55.0 Å². The third-order valence-corrected chi connectivity index (χ3v) is 3.87. The summed E-state index contributed by atoms with van der Waals surface area (Å²) in [5.74, 6) is -0.0890. The quantitative estimate of drug-likeness (QED) is 0.762. The van der Waals surface area contributed by atoms with Crippen molar-refractivity contribution in [1.29, 1.82) is 0 Å². The van der Waals surface area contributed by atoms with Crippen molar-refractivity contribution in [2.45, 2.75) is 6.17 Å². The molecular weight excluding hydrogens is 290 g/mol. The zero-order valence-corrected chi connectivity index (χ0v) is 12.5. The number of rotatable bonds is 2. The van der Waals surface area contributed by atoms with E-state index in [1.165, 1.54) is 0 Å². The Morgan fingerprint density at radius 3 is 2.70 bits per heavy atom. The summed E-state index contributed by atoms with van der Waals surface area (Å²) in [5, 5.41) is 10.9. The van der Waals surface area contributed by atoms with Gasteiger partial charge in [0.05, 0.1) is 11.3 Å². The highest BCUT2D eigenvalue weighted by Crippen LogP contribution is 2.31. The Hall–Kier alpha value is -3.15. The number of nitrogens with one attached hydrogen (secondary N) is 2. The zero-order chi connectivity index (χ0) is 15.8. The summed E-state index contributed by atoms with van der Waals surface area (Å²) in [6.07, 6.45) is 5.06. The number of carbonyl (C=O) groups is 1. The van der Waals surface area contributed by atoms with Crippen LogP contribution in [0.3, 0.4) is 0 Å². The number of nitrogens with zero attached hydrogens (tertiary/aromatic N) is 3. The molecule has 0 spiro atoms. The Labute approximate surface area is 133 Å². The molecule has 1 aliphatic rings. The maximum Gasteiger partial charge on any atom is 0.255 e. The smallest absolute Gasteiger partial charge is 0.255 e. The molecular formula is C17H15N5O. The van der Waals surface area contributed by atoms with Gasteiger partial charge in [0.15, 0.2) is 0 Å². The van der Waals surface area contributed by atoms with Crippen LogP contribution in [0.1, 0.15) is 22.1 Å². The van der Waals surface area contributed by atoms with Crippen LogP contribution in [0.4, 0.5) is 5.69 Å². The molecule has 0 saturated heterocycles. The van der Waals surface area contributed by atoms with Gasteiger partial charge in [0.1, 0.15) is 6.17 Å². The summed E-state index contributed by atoms with van der Waals surface area (Å²) in [5.41, 5.74) is 4.18. The highest BCUT2D eigenvalue weighted by atomic mass is 16.2. The van der Waals surface area contributed by atoms with Gasteiger partial charge < -0.3 is 10.6 Å². The van der Waals surface area contributed by atoms with Crippen LogP contribution in [-0.4, -0.2) is 20.7 Å². The highest BCUT2D eigenvalue weighted by molar-refractivity contribution is 6.01. The van der Waals surface area contributed by atoms with E-state index >= 15 is 0 Å². The molecule has 0 saturated carbocycles. The van der Waals surface area contributed by atoms with Crippen LogP contribution in [0.2, 0.25) is 0 Å². The Bertz CT molecular complexity index is 872. The number of benzene rings is 1. The van der Waals surface area contributed by atoms with Crippen molar-refractivity contribution >= 4 is 11.6 Å². The average Bonchev–Trinajstić information content (AvgIpc) is 2.98. The molecule has 3 heterocycles. The first-order valence-corrected chi connectivity index (χ1v) is 7.33. The molecule has 1 aliphatic heterocycles. The summed E-state index contributed by atoms with van der Waals surface area (Å²) in [6, 6.07) is 11.3. The number of hydrogen-bond acceptors (Lipinski definition) is 4. The summed E-state index contributed by atoms with van der Waals surface area (Å²) in [4.78, 5) is 16.4. The van der Waals surface area contributed by atoms with Gasteiger partial charge in [-0.2, -0.15) is 5.10 Å². The Morgan fingerprint density at radius 2 is 1.87 bits per heavy atom. The first kappa shape index (κ1) is 13.5. The minimum atomic E-state index is -0.325. The van der Waals surface area contributed by atoms with Crippen molar-refractivity contribution in [3.63, 3.8) is 0 Å². The van der Waals surface area contributed by atoms with E-state index in [2.05, 4.69) is 20.7 Å². The maximum absolute atomic E-state index is 12.3. The summed E-state index contributed by atoms with van der Waals surface area (Å²) >= 11 is 0. The van der Waals surface area contributed by atoms with E-state index in [-0.39, 0.29) is 12.1 Å². The molecule has 23 heavy (non-hydrogen) atoms. The summed E-state index contributed by atoms with van der Waals surface area (Å²) in [7, 11) is 1.87. The number of hydrogen-bond donors (Lipinski definition) is 2. The first-order chi connectivity index (χ1) is 11.2. The normalized spacial score (nSPS) is 16.4. The number of para-hydroxylation sites is 1. The monoisotopic (exact) mass is 305 g/mol. The predicted molar refractivity (Wildman–Crippen MR) is 86.7 cm³/mol. The molecule has 6 nitrogen and oxygen atoms in total. The molecule has 4 rings (SSSR count). The Kier molecular flexibility index (Phi) is 3.08. The van der Waals surface area contributed by atoms with Crippen molar-refractivity contribution in [1.82, 2.24) is 20.1 Å². The maximum atomic E-state index is 12.3. The van der Waals surface area contributed by atoms with E-state index in [9.17, 15) is 4.79 Å². The van der Waals surface area contributed by atoms with Gasteiger partial charge in [0, 0.05) is 42.5 Å². The van der Waals surface area contributed by atoms with Gasteiger partial charge in [-0.15, -0.1) is 0 Å². The van der Waals surface area contributed by atoms with Crippen molar-refractivity contribution in [3.8, 4) is 11.3 Å². The molecule has 0 bridgehead atoms. The SMILES string of the molecule is Cn1cc([C@@H]2NC(=O)c3ccccc3N2)c(-c2ccncc2)n1. The van der Waals surface area contributed by atoms with Crippen molar-refractivity contribution in [2.75, 3.05) is 5.32 Å². The van der Waals surface area contributed by atoms with E-state index in [1.807, 2.05) is 43.6 Å². The fourth-order valence-corrected chi connectivity index (χ4v) is 2.82. The average molecular weight is 305 g/mol. The molecule has 6 heteroatoms. The fourth-order valence-electron chi connectivity index (χ4n) is 2.82. The van der Waals surface area contributed by atoms with Gasteiger partial charge >= 0.3 is 0 Å². The Balaban J connectivity index is 1.77.